The molecule has 0 atom stereocenters. The molecule has 0 amide bonds. The van der Waals surface area contributed by atoms with Crippen molar-refractivity contribution in [2.75, 3.05) is 6.54 Å². The predicted molar refractivity (Wildman–Crippen MR) is 63.0 cm³/mol. The third kappa shape index (κ3) is 4.27. The van der Waals surface area contributed by atoms with E-state index in [-0.39, 0.29) is 11.4 Å². The quantitative estimate of drug-likeness (QED) is 0.882. The Morgan fingerprint density at radius 2 is 2.00 bits per heavy atom. The molecule has 1 heterocycles. The van der Waals surface area contributed by atoms with Crippen LogP contribution in [0.5, 0.6) is 0 Å². The van der Waals surface area contributed by atoms with Crippen LogP contribution in [0.1, 0.15) is 36.3 Å². The molecule has 0 unspecified atom stereocenters. The van der Waals surface area contributed by atoms with Gasteiger partial charge in [0, 0.05) is 6.54 Å². The van der Waals surface area contributed by atoms with Crippen molar-refractivity contribution in [2.24, 2.45) is 5.92 Å². The van der Waals surface area contributed by atoms with Gasteiger partial charge in [-0.1, -0.05) is 20.8 Å². The summed E-state index contributed by atoms with van der Waals surface area (Å²) in [5.41, 5.74) is -0.726. The van der Waals surface area contributed by atoms with Gasteiger partial charge in [-0.3, -0.25) is 0 Å². The third-order valence-electron chi connectivity index (χ3n) is 2.15. The van der Waals surface area contributed by atoms with Crippen LogP contribution in [0, 0.1) is 5.92 Å². The Balaban J connectivity index is 2.78. The lowest BCUT2D eigenvalue weighted by molar-refractivity contribution is -0.141. The fraction of sp³-hybridized carbons (Fsp3) is 0.727. The zero-order chi connectivity index (χ0) is 13.1. The Morgan fingerprint density at radius 3 is 2.47 bits per heavy atom. The molecule has 0 saturated heterocycles. The number of aromatic nitrogens is 1. The number of nitrogens with zero attached hydrogens (tertiary/aromatic N) is 1. The summed E-state index contributed by atoms with van der Waals surface area (Å²) in [4.78, 5) is 3.94. The van der Waals surface area contributed by atoms with E-state index in [4.69, 9.17) is 0 Å². The van der Waals surface area contributed by atoms with Gasteiger partial charge in [-0.15, -0.1) is 11.3 Å². The molecule has 0 radical (unpaired) electrons. The summed E-state index contributed by atoms with van der Waals surface area (Å²) in [6.07, 6.45) is -3.81. The summed E-state index contributed by atoms with van der Waals surface area (Å²) in [7, 11) is 0. The van der Waals surface area contributed by atoms with E-state index in [1.165, 1.54) is 0 Å². The van der Waals surface area contributed by atoms with Crippen LogP contribution in [0.3, 0.4) is 0 Å². The first-order chi connectivity index (χ1) is 7.84. The molecule has 0 aromatic carbocycles. The number of thiazole rings is 1. The van der Waals surface area contributed by atoms with Gasteiger partial charge >= 0.3 is 6.18 Å². The van der Waals surface area contributed by atoms with Gasteiger partial charge in [0.25, 0.3) is 0 Å². The van der Waals surface area contributed by atoms with Gasteiger partial charge in [-0.05, 0) is 18.9 Å². The smallest absolute Gasteiger partial charge is 0.312 e. The van der Waals surface area contributed by atoms with Crippen molar-refractivity contribution in [3.8, 4) is 0 Å². The predicted octanol–water partition coefficient (Wildman–Crippen LogP) is 3.47. The van der Waals surface area contributed by atoms with E-state index in [2.05, 4.69) is 10.3 Å². The fourth-order valence-electron chi connectivity index (χ4n) is 1.37. The number of aryl methyl sites for hydroxylation is 1. The number of halogens is 3. The van der Waals surface area contributed by atoms with Gasteiger partial charge in [-0.2, -0.15) is 13.2 Å². The van der Waals surface area contributed by atoms with Gasteiger partial charge < -0.3 is 5.32 Å². The zero-order valence-corrected chi connectivity index (χ0v) is 11.0. The average Bonchev–Trinajstić information content (AvgIpc) is 2.60. The standard InChI is InChI=1S/C11H17F3N2S/c1-4-9-16-10(11(12,13)14)8(17-9)6-15-5-7(2)3/h7,15H,4-6H2,1-3H3. The molecule has 1 N–H and O–H groups in total. The first-order valence-corrected chi connectivity index (χ1v) is 6.42. The van der Waals surface area contributed by atoms with E-state index in [1.807, 2.05) is 20.8 Å². The molecule has 1 rings (SSSR count). The van der Waals surface area contributed by atoms with Crippen molar-refractivity contribution >= 4 is 11.3 Å². The van der Waals surface area contributed by atoms with E-state index >= 15 is 0 Å². The minimum atomic E-state index is -4.35. The van der Waals surface area contributed by atoms with Crippen LogP contribution in [0.2, 0.25) is 0 Å². The normalized spacial score (nSPS) is 12.4. The van der Waals surface area contributed by atoms with Gasteiger partial charge in [0.05, 0.1) is 9.88 Å². The number of rotatable bonds is 5. The van der Waals surface area contributed by atoms with E-state index in [0.717, 1.165) is 11.3 Å². The Labute approximate surface area is 103 Å². The van der Waals surface area contributed by atoms with Crippen LogP contribution in [-0.2, 0) is 19.1 Å². The summed E-state index contributed by atoms with van der Waals surface area (Å²) in [5, 5.41) is 3.56. The Morgan fingerprint density at radius 1 is 1.35 bits per heavy atom. The highest BCUT2D eigenvalue weighted by atomic mass is 32.1. The van der Waals surface area contributed by atoms with Crippen LogP contribution in [-0.4, -0.2) is 11.5 Å². The maximum Gasteiger partial charge on any atom is 0.434 e. The van der Waals surface area contributed by atoms with Gasteiger partial charge in [0.2, 0.25) is 0 Å². The molecule has 0 aliphatic heterocycles. The zero-order valence-electron chi connectivity index (χ0n) is 10.2. The van der Waals surface area contributed by atoms with E-state index in [9.17, 15) is 13.2 Å². The minimum Gasteiger partial charge on any atom is -0.312 e. The molecule has 0 bridgehead atoms. The molecule has 98 valence electrons. The maximum absolute atomic E-state index is 12.7. The second-order valence-electron chi connectivity index (χ2n) is 4.26. The molecule has 0 spiro atoms. The van der Waals surface area contributed by atoms with E-state index in [0.29, 0.717) is 23.9 Å². The molecular formula is C11H17F3N2S. The Bertz CT molecular complexity index is 358. The molecule has 1 aromatic rings. The Hall–Kier alpha value is -0.620. The summed E-state index contributed by atoms with van der Waals surface area (Å²) < 4.78 is 38.1. The number of hydrogen-bond acceptors (Lipinski definition) is 3. The summed E-state index contributed by atoms with van der Waals surface area (Å²) in [6, 6.07) is 0. The molecule has 0 aliphatic rings. The molecule has 17 heavy (non-hydrogen) atoms. The highest BCUT2D eigenvalue weighted by Gasteiger charge is 2.36. The molecule has 2 nitrogen and oxygen atoms in total. The summed E-state index contributed by atoms with van der Waals surface area (Å²) >= 11 is 1.14. The van der Waals surface area contributed by atoms with Gasteiger partial charge in [0.1, 0.15) is 0 Å². The molecule has 0 aliphatic carbocycles. The lowest BCUT2D eigenvalue weighted by Gasteiger charge is -2.08. The third-order valence-corrected chi connectivity index (χ3v) is 3.35. The van der Waals surface area contributed by atoms with Crippen LogP contribution in [0.4, 0.5) is 13.2 Å². The molecule has 1 aromatic heterocycles. The highest BCUT2D eigenvalue weighted by molar-refractivity contribution is 7.11. The van der Waals surface area contributed by atoms with E-state index in [1.54, 1.807) is 0 Å². The van der Waals surface area contributed by atoms with Gasteiger partial charge in [-0.25, -0.2) is 4.98 Å². The van der Waals surface area contributed by atoms with Crippen molar-refractivity contribution in [3.63, 3.8) is 0 Å². The fourth-order valence-corrected chi connectivity index (χ4v) is 2.37. The molecular weight excluding hydrogens is 249 g/mol. The second-order valence-corrected chi connectivity index (χ2v) is 5.42. The van der Waals surface area contributed by atoms with Crippen LogP contribution in [0.25, 0.3) is 0 Å². The first-order valence-electron chi connectivity index (χ1n) is 5.61. The molecule has 0 saturated carbocycles. The van der Waals surface area contributed by atoms with Gasteiger partial charge in [0.15, 0.2) is 5.69 Å². The van der Waals surface area contributed by atoms with Crippen LogP contribution < -0.4 is 5.32 Å². The van der Waals surface area contributed by atoms with Crippen molar-refractivity contribution in [1.29, 1.82) is 0 Å². The second kappa shape index (κ2) is 5.82. The highest BCUT2D eigenvalue weighted by Crippen LogP contribution is 2.34. The SMILES string of the molecule is CCc1nc(C(F)(F)F)c(CNCC(C)C)s1. The maximum atomic E-state index is 12.7. The lowest BCUT2D eigenvalue weighted by atomic mass is 10.2. The van der Waals surface area contributed by atoms with Crippen molar-refractivity contribution in [1.82, 2.24) is 10.3 Å². The topological polar surface area (TPSA) is 24.9 Å². The Kier molecular flexibility index (Phi) is 4.94. The molecule has 0 fully saturated rings. The van der Waals surface area contributed by atoms with Crippen molar-refractivity contribution in [2.45, 2.75) is 39.9 Å². The summed E-state index contributed by atoms with van der Waals surface area (Å²) in [6.45, 7) is 6.79. The number of alkyl halides is 3. The molecule has 6 heteroatoms. The van der Waals surface area contributed by atoms with Crippen molar-refractivity contribution in [3.05, 3.63) is 15.6 Å². The average molecular weight is 266 g/mol. The monoisotopic (exact) mass is 266 g/mol. The van der Waals surface area contributed by atoms with Crippen molar-refractivity contribution < 1.29 is 13.2 Å². The number of hydrogen-bond donors (Lipinski definition) is 1. The largest absolute Gasteiger partial charge is 0.434 e. The van der Waals surface area contributed by atoms with Crippen LogP contribution >= 0.6 is 11.3 Å². The lowest BCUT2D eigenvalue weighted by Crippen LogP contribution is -2.20. The minimum absolute atomic E-state index is 0.241. The first kappa shape index (κ1) is 14.4. The number of nitrogens with one attached hydrogen (secondary N) is 1. The van der Waals surface area contributed by atoms with Crippen LogP contribution in [0.15, 0.2) is 0 Å². The summed E-state index contributed by atoms with van der Waals surface area (Å²) in [5.74, 6) is 0.419. The van der Waals surface area contributed by atoms with E-state index < -0.39 is 11.9 Å².